The quantitative estimate of drug-likeness (QED) is 0.436. The fraction of sp³-hybridized carbons (Fsp3) is 0.857. The van der Waals surface area contributed by atoms with Crippen LogP contribution in [0.3, 0.4) is 0 Å². The van der Waals surface area contributed by atoms with Crippen LogP contribution < -0.4 is 17.5 Å². The monoisotopic (exact) mass is 380 g/mol. The fourth-order valence-corrected chi connectivity index (χ4v) is 4.69. The van der Waals surface area contributed by atoms with E-state index in [2.05, 4.69) is 21.7 Å². The third-order valence-electron chi connectivity index (χ3n) is 2.04. The van der Waals surface area contributed by atoms with Crippen LogP contribution in [-0.4, -0.2) is 22.0 Å². The zero-order chi connectivity index (χ0) is 8.27. The van der Waals surface area contributed by atoms with Gasteiger partial charge in [0.05, 0.1) is 0 Å². The van der Waals surface area contributed by atoms with Crippen LogP contribution in [0.2, 0.25) is 0 Å². The van der Waals surface area contributed by atoms with Gasteiger partial charge < -0.3 is 0 Å². The van der Waals surface area contributed by atoms with E-state index in [1.54, 1.807) is 6.92 Å². The van der Waals surface area contributed by atoms with Crippen LogP contribution in [0.5, 0.6) is 0 Å². The van der Waals surface area contributed by atoms with Gasteiger partial charge in [-0.2, -0.15) is 0 Å². The Labute approximate surface area is 87.9 Å². The van der Waals surface area contributed by atoms with Gasteiger partial charge in [0, 0.05) is 0 Å². The molecule has 11 heavy (non-hydrogen) atoms. The molecule has 1 heterocycles. The molecule has 1 aliphatic rings. The third-order valence-corrected chi connectivity index (χ3v) is 6.89. The van der Waals surface area contributed by atoms with Crippen molar-refractivity contribution in [2.45, 2.75) is 19.8 Å². The van der Waals surface area contributed by atoms with Gasteiger partial charge in [0.25, 0.3) is 0 Å². The topological polar surface area (TPSA) is 20.3 Å². The Morgan fingerprint density at radius 2 is 2.45 bits per heavy atom. The molecule has 66 valence electrons. The van der Waals surface area contributed by atoms with Gasteiger partial charge in [-0.15, -0.1) is 0 Å². The molecule has 1 rings (SSSR count). The average molecular weight is 380 g/mol. The van der Waals surface area contributed by atoms with Crippen molar-refractivity contribution < 1.29 is 22.3 Å². The fourth-order valence-electron chi connectivity index (χ4n) is 1.32. The molecule has 1 saturated heterocycles. The number of nitrogens with zero attached hydrogens (tertiary/aromatic N) is 1. The van der Waals surface area contributed by atoms with Gasteiger partial charge in [-0.3, -0.25) is 0 Å². The zero-order valence-electron chi connectivity index (χ0n) is 6.52. The number of rotatable bonds is 2. The number of carbonyl (C=O) groups excluding carboxylic acids is 1. The number of hydrogen-bond acceptors (Lipinski definition) is 2. The number of halogens is 2. The van der Waals surface area contributed by atoms with Crippen LogP contribution in [-0.2, 0) is 4.79 Å². The molecule has 0 aromatic carbocycles. The number of hydrogen-bond donors (Lipinski definition) is 0. The van der Waals surface area contributed by atoms with Crippen LogP contribution in [0.25, 0.3) is 0 Å². The van der Waals surface area contributed by atoms with Crippen molar-refractivity contribution in [3.63, 3.8) is 0 Å². The van der Waals surface area contributed by atoms with Gasteiger partial charge in [0.15, 0.2) is 0 Å². The summed E-state index contributed by atoms with van der Waals surface area (Å²) in [6.07, 6.45) is 2.33. The maximum atomic E-state index is 11.0. The van der Waals surface area contributed by atoms with E-state index in [0.29, 0.717) is 11.7 Å². The van der Waals surface area contributed by atoms with Crippen LogP contribution in [0, 0.1) is 5.92 Å². The first-order valence-corrected chi connectivity index (χ1v) is 11.0. The molecule has 1 unspecified atom stereocenters. The molecular formula is C7H12I2NO-. The molecule has 0 bridgehead atoms. The van der Waals surface area contributed by atoms with E-state index < -0.39 is 0 Å². The zero-order valence-corrected chi connectivity index (χ0v) is 10.8. The number of Topliss-reactive ketones (excluding diaryl/α,β-unsaturated/α-hetero) is 1. The van der Waals surface area contributed by atoms with E-state index in [-0.39, 0.29) is 17.5 Å². The summed E-state index contributed by atoms with van der Waals surface area (Å²) in [6.45, 7) is 3.98. The minimum atomic E-state index is 0.185. The molecule has 0 saturated carbocycles. The van der Waals surface area contributed by atoms with Gasteiger partial charge in [-0.25, -0.2) is 0 Å². The predicted molar refractivity (Wildman–Crippen MR) is 49.0 cm³/mol. The molecule has 1 atom stereocenters. The van der Waals surface area contributed by atoms with Crippen molar-refractivity contribution in [2.24, 2.45) is 5.92 Å². The average Bonchev–Trinajstić information content (AvgIpc) is 2.05. The first-order chi connectivity index (χ1) is 5.24. The van der Waals surface area contributed by atoms with Crippen molar-refractivity contribution >= 4 is 24.4 Å². The van der Waals surface area contributed by atoms with E-state index in [9.17, 15) is 4.79 Å². The summed E-state index contributed by atoms with van der Waals surface area (Å²) < 4.78 is 2.45. The second kappa shape index (κ2) is 4.96. The van der Waals surface area contributed by atoms with Crippen molar-refractivity contribution in [1.29, 1.82) is 0 Å². The second-order valence-electron chi connectivity index (χ2n) is 2.88. The Kier molecular flexibility index (Phi) is 4.59. The summed E-state index contributed by atoms with van der Waals surface area (Å²) in [7, 11) is 0. The molecule has 4 heteroatoms. The molecule has 0 aromatic heterocycles. The molecular weight excluding hydrogens is 368 g/mol. The summed E-state index contributed by atoms with van der Waals surface area (Å²) in [5, 5.41) is 0. The summed E-state index contributed by atoms with van der Waals surface area (Å²) in [5.41, 5.74) is 0. The standard InChI is InChI=1S/C7H12I2NO/c1-6(11)7-3-2-4-10(5-7)9-8/h7H,2-5H2,1H3/q-1. The van der Waals surface area contributed by atoms with Gasteiger partial charge >= 0.3 is 88.6 Å². The molecule has 1 fully saturated rings. The van der Waals surface area contributed by atoms with Gasteiger partial charge in [-0.1, -0.05) is 0 Å². The van der Waals surface area contributed by atoms with E-state index in [4.69, 9.17) is 0 Å². The van der Waals surface area contributed by atoms with Crippen LogP contribution in [0.4, 0.5) is 0 Å². The van der Waals surface area contributed by atoms with E-state index >= 15 is 0 Å². The SMILES string of the molecule is CC(=O)C1CCCN([I-]I)C1. The molecule has 2 nitrogen and oxygen atoms in total. The van der Waals surface area contributed by atoms with Crippen molar-refractivity contribution in [3.8, 4) is 0 Å². The van der Waals surface area contributed by atoms with E-state index in [1.165, 1.54) is 13.0 Å². The summed E-state index contributed by atoms with van der Waals surface area (Å²) in [5.74, 6) is 0.724. The van der Waals surface area contributed by atoms with Gasteiger partial charge in [-0.05, 0) is 0 Å². The first-order valence-electron chi connectivity index (χ1n) is 3.75. The molecule has 1 aliphatic heterocycles. The molecule has 0 N–H and O–H groups in total. The van der Waals surface area contributed by atoms with Crippen LogP contribution in [0.15, 0.2) is 0 Å². The number of ketones is 1. The molecule has 0 aromatic rings. The van der Waals surface area contributed by atoms with Crippen LogP contribution in [0.1, 0.15) is 19.8 Å². The van der Waals surface area contributed by atoms with Gasteiger partial charge in [0.2, 0.25) is 0 Å². The minimum absolute atomic E-state index is 0.185. The summed E-state index contributed by atoms with van der Waals surface area (Å²) in [4.78, 5) is 11.0. The molecule has 0 amide bonds. The van der Waals surface area contributed by atoms with Gasteiger partial charge in [0.1, 0.15) is 0 Å². The van der Waals surface area contributed by atoms with E-state index in [1.807, 2.05) is 0 Å². The van der Waals surface area contributed by atoms with Crippen molar-refractivity contribution in [1.82, 2.24) is 3.11 Å². The van der Waals surface area contributed by atoms with Crippen LogP contribution >= 0.6 is 18.6 Å². The summed E-state index contributed by atoms with van der Waals surface area (Å²) >= 11 is 2.65. The predicted octanol–water partition coefficient (Wildman–Crippen LogP) is -1.36. The summed E-state index contributed by atoms with van der Waals surface area (Å²) in [6, 6.07) is 0. The Morgan fingerprint density at radius 1 is 1.73 bits per heavy atom. The molecule has 0 aliphatic carbocycles. The number of piperidine rings is 1. The third kappa shape index (κ3) is 3.14. The maximum absolute atomic E-state index is 11.0. The Hall–Kier alpha value is 1.09. The molecule has 0 spiro atoms. The molecule has 0 radical (unpaired) electrons. The van der Waals surface area contributed by atoms with E-state index in [0.717, 1.165) is 13.0 Å². The number of carbonyl (C=O) groups is 1. The normalized spacial score (nSPS) is 27.3. The van der Waals surface area contributed by atoms with Crippen molar-refractivity contribution in [2.75, 3.05) is 13.1 Å². The van der Waals surface area contributed by atoms with Crippen molar-refractivity contribution in [3.05, 3.63) is 0 Å². The Balaban J connectivity index is 2.39. The first kappa shape index (κ1) is 10.2. The Bertz CT molecular complexity index is 151. The second-order valence-corrected chi connectivity index (χ2v) is 7.06. The Morgan fingerprint density at radius 3 is 3.00 bits per heavy atom.